The minimum absolute atomic E-state index is 0.0714. The number of carbonyl (C=O) groups is 2. The van der Waals surface area contributed by atoms with Crippen molar-refractivity contribution in [3.05, 3.63) is 29.8 Å². The number of carboxylic acids is 2. The third-order valence-corrected chi connectivity index (χ3v) is 2.66. The highest BCUT2D eigenvalue weighted by atomic mass is 32.2. The minimum atomic E-state index is -0.976. The summed E-state index contributed by atoms with van der Waals surface area (Å²) < 4.78 is 0. The van der Waals surface area contributed by atoms with E-state index in [-0.39, 0.29) is 12.0 Å². The Morgan fingerprint density at radius 2 is 2.00 bits per heavy atom. The number of aromatic carboxylic acids is 1. The summed E-state index contributed by atoms with van der Waals surface area (Å²) >= 11 is 1.34. The lowest BCUT2D eigenvalue weighted by atomic mass is 10.2. The van der Waals surface area contributed by atoms with Crippen LogP contribution in [-0.4, -0.2) is 27.9 Å². The SMILES string of the molecule is O=C(O)CCSc1cccc(C(=O)O)c1. The van der Waals surface area contributed by atoms with Gasteiger partial charge in [-0.25, -0.2) is 4.79 Å². The molecule has 15 heavy (non-hydrogen) atoms. The summed E-state index contributed by atoms with van der Waals surface area (Å²) in [6, 6.07) is 6.45. The first kappa shape index (κ1) is 11.6. The average Bonchev–Trinajstić information content (AvgIpc) is 2.17. The fourth-order valence-electron chi connectivity index (χ4n) is 0.975. The largest absolute Gasteiger partial charge is 0.481 e. The second-order valence-corrected chi connectivity index (χ2v) is 3.99. The Morgan fingerprint density at radius 1 is 1.27 bits per heavy atom. The monoisotopic (exact) mass is 226 g/mol. The van der Waals surface area contributed by atoms with E-state index in [1.165, 1.54) is 23.9 Å². The first-order chi connectivity index (χ1) is 7.09. The number of rotatable bonds is 5. The number of benzene rings is 1. The molecule has 80 valence electrons. The molecular formula is C10H10O4S. The lowest BCUT2D eigenvalue weighted by Crippen LogP contribution is -1.97. The third-order valence-electron chi connectivity index (χ3n) is 1.67. The van der Waals surface area contributed by atoms with E-state index in [2.05, 4.69) is 0 Å². The molecule has 0 heterocycles. The molecule has 4 nitrogen and oxygen atoms in total. The van der Waals surface area contributed by atoms with Gasteiger partial charge in [-0.05, 0) is 18.2 Å². The van der Waals surface area contributed by atoms with E-state index in [9.17, 15) is 9.59 Å². The Labute approximate surface area is 90.9 Å². The van der Waals surface area contributed by atoms with E-state index in [1.807, 2.05) is 0 Å². The molecule has 1 aromatic carbocycles. The van der Waals surface area contributed by atoms with Gasteiger partial charge >= 0.3 is 11.9 Å². The zero-order chi connectivity index (χ0) is 11.3. The molecule has 0 saturated carbocycles. The van der Waals surface area contributed by atoms with Gasteiger partial charge in [-0.1, -0.05) is 6.07 Å². The molecule has 1 rings (SSSR count). The quantitative estimate of drug-likeness (QED) is 0.750. The molecule has 5 heteroatoms. The molecule has 0 atom stereocenters. The van der Waals surface area contributed by atoms with E-state index in [0.29, 0.717) is 5.75 Å². The normalized spacial score (nSPS) is 9.87. The summed E-state index contributed by atoms with van der Waals surface area (Å²) in [5, 5.41) is 17.1. The van der Waals surface area contributed by atoms with E-state index < -0.39 is 11.9 Å². The number of hydrogen-bond acceptors (Lipinski definition) is 3. The van der Waals surface area contributed by atoms with Gasteiger partial charge in [0.15, 0.2) is 0 Å². The second-order valence-electron chi connectivity index (χ2n) is 2.83. The summed E-state index contributed by atoms with van der Waals surface area (Å²) in [5.74, 6) is -1.38. The smallest absolute Gasteiger partial charge is 0.335 e. The summed E-state index contributed by atoms with van der Waals surface area (Å²) in [5.41, 5.74) is 0.218. The lowest BCUT2D eigenvalue weighted by molar-refractivity contribution is -0.136. The van der Waals surface area contributed by atoms with Gasteiger partial charge in [-0.2, -0.15) is 0 Å². The highest BCUT2D eigenvalue weighted by molar-refractivity contribution is 7.99. The Balaban J connectivity index is 2.58. The Hall–Kier alpha value is -1.49. The molecule has 1 aromatic rings. The highest BCUT2D eigenvalue weighted by Crippen LogP contribution is 2.19. The Morgan fingerprint density at radius 3 is 2.60 bits per heavy atom. The van der Waals surface area contributed by atoms with Gasteiger partial charge in [0.1, 0.15) is 0 Å². The maximum absolute atomic E-state index is 10.6. The summed E-state index contributed by atoms with van der Waals surface area (Å²) in [6.07, 6.45) is 0.0714. The highest BCUT2D eigenvalue weighted by Gasteiger charge is 2.04. The van der Waals surface area contributed by atoms with Crippen molar-refractivity contribution >= 4 is 23.7 Å². The predicted octanol–water partition coefficient (Wildman–Crippen LogP) is 1.95. The van der Waals surface area contributed by atoms with Crippen LogP contribution in [0.1, 0.15) is 16.8 Å². The van der Waals surface area contributed by atoms with Crippen molar-refractivity contribution in [3.63, 3.8) is 0 Å². The van der Waals surface area contributed by atoms with Crippen LogP contribution in [0.25, 0.3) is 0 Å². The van der Waals surface area contributed by atoms with E-state index in [0.717, 1.165) is 4.90 Å². The first-order valence-corrected chi connectivity index (χ1v) is 5.26. The Kier molecular flexibility index (Phi) is 4.17. The van der Waals surface area contributed by atoms with Crippen LogP contribution >= 0.6 is 11.8 Å². The molecule has 0 aromatic heterocycles. The lowest BCUT2D eigenvalue weighted by Gasteiger charge is -2.00. The number of carboxylic acid groups (broad SMARTS) is 2. The van der Waals surface area contributed by atoms with Crippen LogP contribution in [0.2, 0.25) is 0 Å². The van der Waals surface area contributed by atoms with Gasteiger partial charge in [0.25, 0.3) is 0 Å². The molecule has 0 aliphatic rings. The molecular weight excluding hydrogens is 216 g/mol. The van der Waals surface area contributed by atoms with Crippen molar-refractivity contribution in [1.29, 1.82) is 0 Å². The van der Waals surface area contributed by atoms with Crippen molar-refractivity contribution < 1.29 is 19.8 Å². The van der Waals surface area contributed by atoms with Crippen LogP contribution in [0.15, 0.2) is 29.2 Å². The molecule has 0 fully saturated rings. The molecule has 0 radical (unpaired) electrons. The van der Waals surface area contributed by atoms with Crippen molar-refractivity contribution in [2.75, 3.05) is 5.75 Å². The van der Waals surface area contributed by atoms with Gasteiger partial charge < -0.3 is 10.2 Å². The molecule has 0 amide bonds. The third kappa shape index (κ3) is 4.03. The van der Waals surface area contributed by atoms with Crippen molar-refractivity contribution in [2.45, 2.75) is 11.3 Å². The molecule has 0 saturated heterocycles. The predicted molar refractivity (Wildman–Crippen MR) is 56.4 cm³/mol. The van der Waals surface area contributed by atoms with Crippen LogP contribution in [0.3, 0.4) is 0 Å². The molecule has 0 bridgehead atoms. The molecule has 0 unspecified atom stereocenters. The van der Waals surface area contributed by atoms with Gasteiger partial charge in [0.2, 0.25) is 0 Å². The maximum atomic E-state index is 10.6. The van der Waals surface area contributed by atoms with Crippen LogP contribution in [0.5, 0.6) is 0 Å². The Bertz CT molecular complexity index is 375. The molecule has 0 aliphatic carbocycles. The fraction of sp³-hybridized carbons (Fsp3) is 0.200. The van der Waals surface area contributed by atoms with E-state index in [4.69, 9.17) is 10.2 Å². The zero-order valence-corrected chi connectivity index (χ0v) is 8.66. The number of thioether (sulfide) groups is 1. The molecule has 0 spiro atoms. The van der Waals surface area contributed by atoms with Gasteiger partial charge in [-0.15, -0.1) is 11.8 Å². The van der Waals surface area contributed by atoms with Gasteiger partial charge in [0.05, 0.1) is 12.0 Å². The summed E-state index contributed by atoms with van der Waals surface area (Å²) in [6.45, 7) is 0. The second kappa shape index (κ2) is 5.41. The van der Waals surface area contributed by atoms with E-state index in [1.54, 1.807) is 12.1 Å². The topological polar surface area (TPSA) is 74.6 Å². The van der Waals surface area contributed by atoms with Crippen molar-refractivity contribution in [1.82, 2.24) is 0 Å². The summed E-state index contributed by atoms with van der Waals surface area (Å²) in [4.78, 5) is 21.7. The maximum Gasteiger partial charge on any atom is 0.335 e. The van der Waals surface area contributed by atoms with Gasteiger partial charge in [0, 0.05) is 10.6 Å². The number of hydrogen-bond donors (Lipinski definition) is 2. The average molecular weight is 226 g/mol. The van der Waals surface area contributed by atoms with Crippen molar-refractivity contribution in [3.8, 4) is 0 Å². The number of aliphatic carboxylic acids is 1. The van der Waals surface area contributed by atoms with E-state index >= 15 is 0 Å². The van der Waals surface area contributed by atoms with Crippen LogP contribution in [0.4, 0.5) is 0 Å². The van der Waals surface area contributed by atoms with Crippen molar-refractivity contribution in [2.24, 2.45) is 0 Å². The molecule has 2 N–H and O–H groups in total. The van der Waals surface area contributed by atoms with Gasteiger partial charge in [-0.3, -0.25) is 4.79 Å². The standard InChI is InChI=1S/C10H10O4S/c11-9(12)4-5-15-8-3-1-2-7(6-8)10(13)14/h1-3,6H,4-5H2,(H,11,12)(H,13,14). The summed E-state index contributed by atoms with van der Waals surface area (Å²) in [7, 11) is 0. The molecule has 0 aliphatic heterocycles. The first-order valence-electron chi connectivity index (χ1n) is 4.27. The zero-order valence-electron chi connectivity index (χ0n) is 7.84. The van der Waals surface area contributed by atoms with Crippen LogP contribution in [0, 0.1) is 0 Å². The minimum Gasteiger partial charge on any atom is -0.481 e. The van der Waals surface area contributed by atoms with Crippen LogP contribution in [-0.2, 0) is 4.79 Å². The fourth-order valence-corrected chi connectivity index (χ4v) is 1.87. The van der Waals surface area contributed by atoms with Crippen LogP contribution < -0.4 is 0 Å².